The van der Waals surface area contributed by atoms with Crippen LogP contribution in [0.2, 0.25) is 5.02 Å². The second-order valence-corrected chi connectivity index (χ2v) is 8.05. The van der Waals surface area contributed by atoms with Crippen LogP contribution in [0.3, 0.4) is 0 Å². The highest BCUT2D eigenvalue weighted by molar-refractivity contribution is 7.89. The predicted molar refractivity (Wildman–Crippen MR) is 85.6 cm³/mol. The summed E-state index contributed by atoms with van der Waals surface area (Å²) in [5, 5.41) is 0.429. The molecule has 0 aromatic heterocycles. The summed E-state index contributed by atoms with van der Waals surface area (Å²) in [6, 6.07) is 6.86. The van der Waals surface area contributed by atoms with Crippen LogP contribution in [0.15, 0.2) is 29.2 Å². The van der Waals surface area contributed by atoms with Crippen LogP contribution >= 0.6 is 11.6 Å². The summed E-state index contributed by atoms with van der Waals surface area (Å²) in [5.41, 5.74) is 0. The van der Waals surface area contributed by atoms with Crippen molar-refractivity contribution in [3.63, 3.8) is 0 Å². The van der Waals surface area contributed by atoms with Gasteiger partial charge in [-0.25, -0.2) is 13.1 Å². The van der Waals surface area contributed by atoms with Crippen molar-refractivity contribution in [3.05, 3.63) is 29.3 Å². The fourth-order valence-electron chi connectivity index (χ4n) is 3.19. The second kappa shape index (κ2) is 6.84. The van der Waals surface area contributed by atoms with Crippen molar-refractivity contribution in [2.45, 2.75) is 36.2 Å². The van der Waals surface area contributed by atoms with Gasteiger partial charge >= 0.3 is 0 Å². The van der Waals surface area contributed by atoms with Gasteiger partial charge in [0.15, 0.2) is 0 Å². The summed E-state index contributed by atoms with van der Waals surface area (Å²) in [4.78, 5) is 2.61. The molecule has 122 valence electrons. The Bertz CT molecular complexity index is 617. The van der Waals surface area contributed by atoms with Gasteiger partial charge in [0.25, 0.3) is 0 Å². The summed E-state index contributed by atoms with van der Waals surface area (Å²) in [5.74, 6) is 0. The van der Waals surface area contributed by atoms with E-state index < -0.39 is 10.0 Å². The zero-order valence-corrected chi connectivity index (χ0v) is 13.9. The highest BCUT2D eigenvalue weighted by atomic mass is 35.5. The molecule has 7 heteroatoms. The number of halogens is 1. The lowest BCUT2D eigenvalue weighted by Gasteiger charge is -2.31. The molecule has 2 aliphatic rings. The van der Waals surface area contributed by atoms with Crippen molar-refractivity contribution in [3.8, 4) is 0 Å². The molecular formula is C15H21ClN2O3S. The minimum Gasteiger partial charge on any atom is -0.381 e. The Morgan fingerprint density at radius 3 is 2.73 bits per heavy atom. The van der Waals surface area contributed by atoms with Crippen LogP contribution in [0.5, 0.6) is 0 Å². The van der Waals surface area contributed by atoms with Crippen LogP contribution < -0.4 is 4.72 Å². The van der Waals surface area contributed by atoms with E-state index in [1.165, 1.54) is 6.07 Å². The molecule has 0 aliphatic carbocycles. The number of nitrogens with zero attached hydrogens (tertiary/aromatic N) is 1. The molecule has 5 nitrogen and oxygen atoms in total. The monoisotopic (exact) mass is 344 g/mol. The van der Waals surface area contributed by atoms with Crippen LogP contribution in [0.25, 0.3) is 0 Å². The quantitative estimate of drug-likeness (QED) is 0.906. The number of hydrogen-bond donors (Lipinski definition) is 1. The van der Waals surface area contributed by atoms with E-state index in [0.29, 0.717) is 11.1 Å². The third-order valence-corrected chi connectivity index (χ3v) is 6.11. The Morgan fingerprint density at radius 1 is 1.23 bits per heavy atom. The standard InChI is InChI=1S/C15H21ClN2O3S/c16-12-2-1-3-15(10-12)22(19,20)17-13-4-7-18(11-13)14-5-8-21-9-6-14/h1-3,10,13-14,17H,4-9,11H2/t13-/m0/s1. The smallest absolute Gasteiger partial charge is 0.240 e. The number of nitrogens with one attached hydrogen (secondary N) is 1. The molecule has 1 atom stereocenters. The molecule has 1 aromatic carbocycles. The zero-order valence-electron chi connectivity index (χ0n) is 12.4. The van der Waals surface area contributed by atoms with Crippen LogP contribution in [0, 0.1) is 0 Å². The van der Waals surface area contributed by atoms with E-state index >= 15 is 0 Å². The molecule has 3 rings (SSSR count). The number of likely N-dealkylation sites (tertiary alicyclic amines) is 1. The minimum atomic E-state index is -3.51. The van der Waals surface area contributed by atoms with Gasteiger partial charge in [-0.05, 0) is 37.5 Å². The first kappa shape index (κ1) is 16.2. The number of benzene rings is 1. The minimum absolute atomic E-state index is 0.0353. The number of sulfonamides is 1. The fourth-order valence-corrected chi connectivity index (χ4v) is 4.75. The molecule has 0 radical (unpaired) electrons. The van der Waals surface area contributed by atoms with Crippen LogP contribution in [-0.2, 0) is 14.8 Å². The topological polar surface area (TPSA) is 58.6 Å². The van der Waals surface area contributed by atoms with E-state index in [1.807, 2.05) is 0 Å². The fraction of sp³-hybridized carbons (Fsp3) is 0.600. The first-order valence-corrected chi connectivity index (χ1v) is 9.50. The van der Waals surface area contributed by atoms with Gasteiger partial charge in [-0.3, -0.25) is 4.90 Å². The lowest BCUT2D eigenvalue weighted by molar-refractivity contribution is 0.0418. The number of rotatable bonds is 4. The molecule has 2 saturated heterocycles. The first-order valence-electron chi connectivity index (χ1n) is 7.64. The van der Waals surface area contributed by atoms with Crippen LogP contribution in [0.4, 0.5) is 0 Å². The largest absolute Gasteiger partial charge is 0.381 e. The Hall–Kier alpha value is -0.660. The maximum atomic E-state index is 12.4. The lowest BCUT2D eigenvalue weighted by Crippen LogP contribution is -2.41. The van der Waals surface area contributed by atoms with Gasteiger partial charge in [-0.2, -0.15) is 0 Å². The van der Waals surface area contributed by atoms with E-state index in [4.69, 9.17) is 16.3 Å². The average Bonchev–Trinajstić information content (AvgIpc) is 2.96. The third-order valence-electron chi connectivity index (χ3n) is 4.36. The Morgan fingerprint density at radius 2 is 2.00 bits per heavy atom. The van der Waals surface area contributed by atoms with Crippen molar-refractivity contribution < 1.29 is 13.2 Å². The molecule has 1 aromatic rings. The van der Waals surface area contributed by atoms with Gasteiger partial charge in [0.05, 0.1) is 4.90 Å². The molecule has 0 spiro atoms. The number of hydrogen-bond acceptors (Lipinski definition) is 4. The molecule has 0 unspecified atom stereocenters. The van der Waals surface area contributed by atoms with E-state index in [9.17, 15) is 8.42 Å². The van der Waals surface area contributed by atoms with E-state index in [1.54, 1.807) is 18.2 Å². The van der Waals surface area contributed by atoms with Crippen LogP contribution in [-0.4, -0.2) is 51.7 Å². The van der Waals surface area contributed by atoms with E-state index in [2.05, 4.69) is 9.62 Å². The van der Waals surface area contributed by atoms with Crippen molar-refractivity contribution in [1.82, 2.24) is 9.62 Å². The average molecular weight is 345 g/mol. The third kappa shape index (κ3) is 3.81. The Kier molecular flexibility index (Phi) is 5.04. The first-order chi connectivity index (χ1) is 10.5. The second-order valence-electron chi connectivity index (χ2n) is 5.90. The predicted octanol–water partition coefficient (Wildman–Crippen LogP) is 1.87. The Labute approximate surface area is 136 Å². The van der Waals surface area contributed by atoms with E-state index in [-0.39, 0.29) is 10.9 Å². The summed E-state index contributed by atoms with van der Waals surface area (Å²) >= 11 is 5.88. The van der Waals surface area contributed by atoms with Gasteiger partial charge < -0.3 is 4.74 Å². The molecule has 0 bridgehead atoms. The molecule has 1 N–H and O–H groups in total. The summed E-state index contributed by atoms with van der Waals surface area (Å²) in [7, 11) is -3.51. The molecule has 2 aliphatic heterocycles. The lowest BCUT2D eigenvalue weighted by atomic mass is 10.1. The van der Waals surface area contributed by atoms with Gasteiger partial charge in [0, 0.05) is 43.4 Å². The summed E-state index contributed by atoms with van der Waals surface area (Å²) < 4.78 is 33.0. The molecule has 0 amide bonds. The number of ether oxygens (including phenoxy) is 1. The van der Waals surface area contributed by atoms with Crippen LogP contribution in [0.1, 0.15) is 19.3 Å². The molecule has 2 heterocycles. The van der Waals surface area contributed by atoms with Crippen molar-refractivity contribution >= 4 is 21.6 Å². The molecule has 2 fully saturated rings. The highest BCUT2D eigenvalue weighted by Gasteiger charge is 2.31. The molecule has 22 heavy (non-hydrogen) atoms. The SMILES string of the molecule is O=S(=O)(N[C@H]1CCN(C2CCOCC2)C1)c1cccc(Cl)c1. The van der Waals surface area contributed by atoms with Gasteiger partial charge in [0.2, 0.25) is 10.0 Å². The highest BCUT2D eigenvalue weighted by Crippen LogP contribution is 2.22. The molecular weight excluding hydrogens is 324 g/mol. The maximum Gasteiger partial charge on any atom is 0.240 e. The normalized spacial score (nSPS) is 24.7. The maximum absolute atomic E-state index is 12.4. The molecule has 0 saturated carbocycles. The van der Waals surface area contributed by atoms with Gasteiger partial charge in [0.1, 0.15) is 0 Å². The van der Waals surface area contributed by atoms with Crippen molar-refractivity contribution in [2.75, 3.05) is 26.3 Å². The summed E-state index contributed by atoms with van der Waals surface area (Å²) in [6.45, 7) is 3.32. The van der Waals surface area contributed by atoms with Crippen molar-refractivity contribution in [1.29, 1.82) is 0 Å². The van der Waals surface area contributed by atoms with Gasteiger partial charge in [-0.15, -0.1) is 0 Å². The zero-order chi connectivity index (χ0) is 15.6. The van der Waals surface area contributed by atoms with E-state index in [0.717, 1.165) is 45.6 Å². The summed E-state index contributed by atoms with van der Waals surface area (Å²) in [6.07, 6.45) is 2.92. The van der Waals surface area contributed by atoms with Gasteiger partial charge in [-0.1, -0.05) is 17.7 Å². The van der Waals surface area contributed by atoms with Crippen molar-refractivity contribution in [2.24, 2.45) is 0 Å². The Balaban J connectivity index is 1.61.